The highest BCUT2D eigenvalue weighted by Crippen LogP contribution is 2.38. The van der Waals surface area contributed by atoms with Crippen molar-refractivity contribution in [3.8, 4) is 0 Å². The van der Waals surface area contributed by atoms with Gasteiger partial charge in [0.05, 0.1) is 6.10 Å². The van der Waals surface area contributed by atoms with Crippen LogP contribution in [0.4, 0.5) is 0 Å². The fraction of sp³-hybridized carbons (Fsp3) is 0.850. The topological polar surface area (TPSA) is 70.0 Å². The van der Waals surface area contributed by atoms with Crippen LogP contribution in [0.2, 0.25) is 0 Å². The number of unbranched alkanes of at least 4 members (excludes halogenated alkanes) is 2. The van der Waals surface area contributed by atoms with Crippen LogP contribution in [-0.4, -0.2) is 45.1 Å². The van der Waals surface area contributed by atoms with E-state index in [1.807, 2.05) is 0 Å². The predicted octanol–water partition coefficient (Wildman–Crippen LogP) is 4.64. The molecule has 1 aliphatic rings. The number of carbonyl (C=O) groups is 1. The first kappa shape index (κ1) is 22.1. The van der Waals surface area contributed by atoms with Gasteiger partial charge < -0.3 is 15.1 Å². The summed E-state index contributed by atoms with van der Waals surface area (Å²) in [6.45, 7) is 13.1. The van der Waals surface area contributed by atoms with E-state index in [1.54, 1.807) is 6.08 Å². The normalized spacial score (nSPS) is 21.7. The van der Waals surface area contributed by atoms with E-state index in [1.165, 1.54) is 11.1 Å². The van der Waals surface area contributed by atoms with Crippen molar-refractivity contribution >= 4 is 5.97 Å². The summed E-state index contributed by atoms with van der Waals surface area (Å²) < 4.78 is 6.08. The third-order valence-corrected chi connectivity index (χ3v) is 5.10. The minimum absolute atomic E-state index is 0.0821. The molecule has 0 spiro atoms. The largest absolute Gasteiger partial charge is 0.478 e. The summed E-state index contributed by atoms with van der Waals surface area (Å²) in [5.74, 6) is -0.888. The molecular weight excluding hydrogens is 318 g/mol. The van der Waals surface area contributed by atoms with E-state index in [9.17, 15) is 10.0 Å². The number of allylic oxidation sites excluding steroid dienone is 1. The second kappa shape index (κ2) is 8.65. The van der Waals surface area contributed by atoms with Gasteiger partial charge in [-0.2, -0.15) is 5.06 Å². The van der Waals surface area contributed by atoms with Gasteiger partial charge >= 0.3 is 5.97 Å². The molecule has 0 saturated carbocycles. The van der Waals surface area contributed by atoms with Crippen LogP contribution in [0.25, 0.3) is 0 Å². The summed E-state index contributed by atoms with van der Waals surface area (Å²) in [4.78, 5) is 10.6. The zero-order chi connectivity index (χ0) is 19.3. The molecule has 5 nitrogen and oxygen atoms in total. The van der Waals surface area contributed by atoms with E-state index in [4.69, 9.17) is 9.84 Å². The summed E-state index contributed by atoms with van der Waals surface area (Å²) in [6, 6.07) is 0. The standard InChI is InChI=1S/C20H37NO4/c1-18(2,12-10-17(22)23)11-8-7-9-13-25-16-14-19(3,4)21(24)20(5,6)15-16/h10,12,16,24H,7-9,11,13-15H2,1-6H3,(H,22,23). The van der Waals surface area contributed by atoms with Crippen molar-refractivity contribution in [2.45, 2.75) is 97.2 Å². The smallest absolute Gasteiger partial charge is 0.327 e. The molecule has 1 rings (SSSR count). The first-order valence-electron chi connectivity index (χ1n) is 9.39. The average Bonchev–Trinajstić information content (AvgIpc) is 2.46. The molecule has 0 unspecified atom stereocenters. The number of piperidine rings is 1. The molecule has 0 aromatic carbocycles. The SMILES string of the molecule is CC(C)(C=CC(=O)O)CCCCCOC1CC(C)(C)N(O)C(C)(C)C1. The van der Waals surface area contributed by atoms with Crippen molar-refractivity contribution < 1.29 is 19.8 Å². The Balaban J connectivity index is 2.27. The number of aliphatic carboxylic acids is 1. The Hall–Kier alpha value is -0.910. The fourth-order valence-electron chi connectivity index (χ4n) is 3.79. The van der Waals surface area contributed by atoms with E-state index < -0.39 is 5.97 Å². The Morgan fingerprint density at radius 1 is 1.16 bits per heavy atom. The van der Waals surface area contributed by atoms with Crippen LogP contribution < -0.4 is 0 Å². The summed E-state index contributed by atoms with van der Waals surface area (Å²) in [5.41, 5.74) is -0.624. The first-order valence-corrected chi connectivity index (χ1v) is 9.39. The minimum atomic E-state index is -0.888. The van der Waals surface area contributed by atoms with Crippen LogP contribution in [0.3, 0.4) is 0 Å². The van der Waals surface area contributed by atoms with E-state index in [-0.39, 0.29) is 22.6 Å². The number of hydroxylamine groups is 2. The maximum absolute atomic E-state index is 10.6. The zero-order valence-electron chi connectivity index (χ0n) is 16.8. The van der Waals surface area contributed by atoms with Crippen molar-refractivity contribution in [2.75, 3.05) is 6.61 Å². The van der Waals surface area contributed by atoms with Gasteiger partial charge in [-0.3, -0.25) is 0 Å². The van der Waals surface area contributed by atoms with E-state index >= 15 is 0 Å². The third kappa shape index (κ3) is 7.47. The van der Waals surface area contributed by atoms with Gasteiger partial charge in [0.2, 0.25) is 0 Å². The van der Waals surface area contributed by atoms with Gasteiger partial charge in [0, 0.05) is 23.8 Å². The molecule has 0 bridgehead atoms. The lowest BCUT2D eigenvalue weighted by molar-refractivity contribution is -0.261. The number of rotatable bonds is 9. The van der Waals surface area contributed by atoms with Crippen LogP contribution in [0.5, 0.6) is 0 Å². The molecule has 1 saturated heterocycles. The van der Waals surface area contributed by atoms with Crippen LogP contribution in [0, 0.1) is 5.41 Å². The predicted molar refractivity (Wildman–Crippen MR) is 99.8 cm³/mol. The first-order chi connectivity index (χ1) is 11.4. The number of nitrogens with zero attached hydrogens (tertiary/aromatic N) is 1. The van der Waals surface area contributed by atoms with Gasteiger partial charge in [0.1, 0.15) is 0 Å². The van der Waals surface area contributed by atoms with Crippen LogP contribution in [0.1, 0.15) is 80.1 Å². The molecule has 0 aliphatic carbocycles. The molecule has 25 heavy (non-hydrogen) atoms. The molecular formula is C20H37NO4. The molecule has 1 heterocycles. The van der Waals surface area contributed by atoms with Crippen LogP contribution in [-0.2, 0) is 9.53 Å². The summed E-state index contributed by atoms with van der Waals surface area (Å²) in [6.07, 6.45) is 8.99. The maximum Gasteiger partial charge on any atom is 0.327 e. The van der Waals surface area contributed by atoms with Gasteiger partial charge in [-0.05, 0) is 58.8 Å². The lowest BCUT2D eigenvalue weighted by atomic mass is 9.80. The number of hydrogen-bond donors (Lipinski definition) is 2. The number of carboxylic acids is 1. The molecule has 1 aliphatic heterocycles. The van der Waals surface area contributed by atoms with E-state index in [2.05, 4.69) is 41.5 Å². The maximum atomic E-state index is 10.6. The highest BCUT2D eigenvalue weighted by molar-refractivity contribution is 5.79. The average molecular weight is 356 g/mol. The quantitative estimate of drug-likeness (QED) is 0.466. The lowest BCUT2D eigenvalue weighted by Crippen LogP contribution is -2.60. The minimum Gasteiger partial charge on any atom is -0.478 e. The number of hydrogen-bond acceptors (Lipinski definition) is 4. The van der Waals surface area contributed by atoms with Crippen molar-refractivity contribution in [1.82, 2.24) is 5.06 Å². The molecule has 1 fully saturated rings. The van der Waals surface area contributed by atoms with Crippen LogP contribution >= 0.6 is 0 Å². The van der Waals surface area contributed by atoms with E-state index in [0.717, 1.165) is 45.1 Å². The van der Waals surface area contributed by atoms with Crippen molar-refractivity contribution in [3.63, 3.8) is 0 Å². The fourth-order valence-corrected chi connectivity index (χ4v) is 3.79. The molecule has 146 valence electrons. The Bertz CT molecular complexity index is 450. The van der Waals surface area contributed by atoms with Crippen molar-refractivity contribution in [1.29, 1.82) is 0 Å². The van der Waals surface area contributed by atoms with Gasteiger partial charge in [-0.25, -0.2) is 4.79 Å². The molecule has 0 aromatic heterocycles. The molecule has 2 N–H and O–H groups in total. The molecule has 0 aromatic rings. The Morgan fingerprint density at radius 2 is 1.72 bits per heavy atom. The number of ether oxygens (including phenoxy) is 1. The van der Waals surface area contributed by atoms with Crippen molar-refractivity contribution in [2.24, 2.45) is 5.41 Å². The van der Waals surface area contributed by atoms with Gasteiger partial charge in [-0.1, -0.05) is 32.8 Å². The Labute approximate surface area is 153 Å². The highest BCUT2D eigenvalue weighted by Gasteiger charge is 2.45. The zero-order valence-corrected chi connectivity index (χ0v) is 16.8. The Kier molecular flexibility index (Phi) is 7.66. The van der Waals surface area contributed by atoms with Gasteiger partial charge in [0.25, 0.3) is 0 Å². The number of carboxylic acid groups (broad SMARTS) is 1. The highest BCUT2D eigenvalue weighted by atomic mass is 16.5. The lowest BCUT2D eigenvalue weighted by Gasteiger charge is -2.51. The third-order valence-electron chi connectivity index (χ3n) is 5.10. The molecule has 0 amide bonds. The second-order valence-corrected chi connectivity index (χ2v) is 9.31. The van der Waals surface area contributed by atoms with Gasteiger partial charge in [-0.15, -0.1) is 0 Å². The summed E-state index contributed by atoms with van der Waals surface area (Å²) in [5, 5.41) is 20.5. The molecule has 0 radical (unpaired) electrons. The molecule has 5 heteroatoms. The molecule has 0 atom stereocenters. The van der Waals surface area contributed by atoms with Gasteiger partial charge in [0.15, 0.2) is 0 Å². The van der Waals surface area contributed by atoms with E-state index in [0.29, 0.717) is 0 Å². The van der Waals surface area contributed by atoms with Crippen LogP contribution in [0.15, 0.2) is 12.2 Å². The monoisotopic (exact) mass is 355 g/mol. The summed E-state index contributed by atoms with van der Waals surface area (Å²) in [7, 11) is 0. The summed E-state index contributed by atoms with van der Waals surface area (Å²) >= 11 is 0. The Morgan fingerprint density at radius 3 is 2.24 bits per heavy atom. The second-order valence-electron chi connectivity index (χ2n) is 9.31. The van der Waals surface area contributed by atoms with Crippen molar-refractivity contribution in [3.05, 3.63) is 12.2 Å².